The van der Waals surface area contributed by atoms with Gasteiger partial charge in [-0.05, 0) is 31.4 Å². The minimum Gasteiger partial charge on any atom is -0.350 e. The van der Waals surface area contributed by atoms with Gasteiger partial charge in [-0.15, -0.1) is 0 Å². The molecule has 1 rings (SSSR count). The zero-order valence-electron chi connectivity index (χ0n) is 12.9. The van der Waals surface area contributed by atoms with E-state index in [9.17, 15) is 4.79 Å². The van der Waals surface area contributed by atoms with E-state index in [1.165, 1.54) is 0 Å². The van der Waals surface area contributed by atoms with Crippen LogP contribution in [0.15, 0.2) is 18.3 Å². The molecule has 0 unspecified atom stereocenters. The van der Waals surface area contributed by atoms with Crippen molar-refractivity contribution in [2.45, 2.75) is 53.0 Å². The Morgan fingerprint density at radius 3 is 2.50 bits per heavy atom. The Labute approximate surface area is 122 Å². The summed E-state index contributed by atoms with van der Waals surface area (Å²) >= 11 is 0. The lowest BCUT2D eigenvalue weighted by Gasteiger charge is -2.30. The van der Waals surface area contributed by atoms with E-state index in [-0.39, 0.29) is 5.91 Å². The highest BCUT2D eigenvalue weighted by Crippen LogP contribution is 2.29. The van der Waals surface area contributed by atoms with E-state index >= 15 is 0 Å². The summed E-state index contributed by atoms with van der Waals surface area (Å²) in [4.78, 5) is 16.8. The first-order valence-corrected chi connectivity index (χ1v) is 7.48. The molecule has 0 aliphatic rings. The van der Waals surface area contributed by atoms with Crippen LogP contribution in [0.25, 0.3) is 0 Å². The van der Waals surface area contributed by atoms with Crippen LogP contribution in [0.4, 0.5) is 0 Å². The number of aromatic nitrogens is 1. The smallest absolute Gasteiger partial charge is 0.227 e. The fraction of sp³-hybridized carbons (Fsp3) is 0.625. The highest BCUT2D eigenvalue weighted by atomic mass is 16.2. The third-order valence-corrected chi connectivity index (χ3v) is 3.86. The van der Waals surface area contributed by atoms with E-state index in [1.54, 1.807) is 6.20 Å². The molecule has 0 spiro atoms. The number of carbonyl (C=O) groups excluding carboxylic acids is 1. The van der Waals surface area contributed by atoms with Crippen molar-refractivity contribution in [3.8, 4) is 0 Å². The van der Waals surface area contributed by atoms with Crippen molar-refractivity contribution in [2.24, 2.45) is 11.1 Å². The van der Waals surface area contributed by atoms with Crippen LogP contribution >= 0.6 is 0 Å². The molecule has 1 amide bonds. The lowest BCUT2D eigenvalue weighted by Crippen LogP contribution is -2.45. The van der Waals surface area contributed by atoms with Crippen molar-refractivity contribution < 1.29 is 4.79 Å². The Morgan fingerprint density at radius 2 is 2.00 bits per heavy atom. The van der Waals surface area contributed by atoms with E-state index in [1.807, 2.05) is 19.1 Å². The van der Waals surface area contributed by atoms with Gasteiger partial charge in [-0.25, -0.2) is 0 Å². The van der Waals surface area contributed by atoms with Crippen molar-refractivity contribution in [1.82, 2.24) is 10.3 Å². The van der Waals surface area contributed by atoms with Crippen LogP contribution in [0.2, 0.25) is 0 Å². The monoisotopic (exact) mass is 277 g/mol. The molecule has 1 aromatic rings. The van der Waals surface area contributed by atoms with E-state index in [2.05, 4.69) is 24.1 Å². The van der Waals surface area contributed by atoms with Crippen LogP contribution in [0.1, 0.15) is 50.8 Å². The van der Waals surface area contributed by atoms with Crippen LogP contribution in [0, 0.1) is 12.3 Å². The lowest BCUT2D eigenvalue weighted by atomic mass is 9.78. The van der Waals surface area contributed by atoms with Gasteiger partial charge in [0.2, 0.25) is 5.91 Å². The minimum atomic E-state index is -0.424. The second-order valence-corrected chi connectivity index (χ2v) is 5.43. The van der Waals surface area contributed by atoms with Gasteiger partial charge in [-0.3, -0.25) is 9.78 Å². The molecule has 1 heterocycles. The summed E-state index contributed by atoms with van der Waals surface area (Å²) in [5.41, 5.74) is 7.49. The molecule has 0 aromatic carbocycles. The van der Waals surface area contributed by atoms with Crippen molar-refractivity contribution >= 4 is 5.91 Å². The first-order chi connectivity index (χ1) is 9.59. The van der Waals surface area contributed by atoms with Gasteiger partial charge in [-0.1, -0.05) is 32.8 Å². The van der Waals surface area contributed by atoms with Crippen molar-refractivity contribution in [2.75, 3.05) is 6.54 Å². The molecule has 3 N–H and O–H groups in total. The summed E-state index contributed by atoms with van der Waals surface area (Å²) in [5, 5.41) is 3.02. The molecule has 0 aliphatic heterocycles. The molecule has 0 radical (unpaired) electrons. The van der Waals surface area contributed by atoms with E-state index in [4.69, 9.17) is 5.73 Å². The Balaban J connectivity index is 2.74. The first-order valence-electron chi connectivity index (χ1n) is 7.48. The van der Waals surface area contributed by atoms with Gasteiger partial charge in [-0.2, -0.15) is 0 Å². The van der Waals surface area contributed by atoms with Crippen LogP contribution < -0.4 is 11.1 Å². The van der Waals surface area contributed by atoms with Gasteiger partial charge >= 0.3 is 0 Å². The van der Waals surface area contributed by atoms with Crippen molar-refractivity contribution in [3.05, 3.63) is 29.6 Å². The topological polar surface area (TPSA) is 68.0 Å². The average molecular weight is 277 g/mol. The number of nitrogens with two attached hydrogens (primary N) is 1. The third-order valence-electron chi connectivity index (χ3n) is 3.86. The molecule has 0 atom stereocenters. The largest absolute Gasteiger partial charge is 0.350 e. The lowest BCUT2D eigenvalue weighted by molar-refractivity contribution is -0.131. The molecule has 0 saturated carbocycles. The summed E-state index contributed by atoms with van der Waals surface area (Å²) in [6, 6.07) is 3.90. The third kappa shape index (κ3) is 4.04. The van der Waals surface area contributed by atoms with Crippen LogP contribution in [0.3, 0.4) is 0 Å². The van der Waals surface area contributed by atoms with Crippen molar-refractivity contribution in [1.29, 1.82) is 0 Å². The molecule has 4 heteroatoms. The molecule has 0 saturated heterocycles. The number of carbonyl (C=O) groups is 1. The number of amides is 1. The molecule has 1 aromatic heterocycles. The predicted molar refractivity (Wildman–Crippen MR) is 82.1 cm³/mol. The summed E-state index contributed by atoms with van der Waals surface area (Å²) in [5.74, 6) is 0.0637. The molecule has 20 heavy (non-hydrogen) atoms. The maximum atomic E-state index is 12.5. The number of rotatable bonds is 8. The predicted octanol–water partition coefficient (Wildman–Crippen LogP) is 2.55. The summed E-state index contributed by atoms with van der Waals surface area (Å²) in [7, 11) is 0. The second kappa shape index (κ2) is 8.00. The molecular weight excluding hydrogens is 250 g/mol. The standard InChI is InChI=1S/C16H27N3O/c1-4-8-16(12-17,9-5-2)15(20)19-11-14-13(3)7-6-10-18-14/h6-7,10H,4-5,8-9,11-12,17H2,1-3H3,(H,19,20). The van der Waals surface area contributed by atoms with E-state index < -0.39 is 5.41 Å². The van der Waals surface area contributed by atoms with Gasteiger partial charge in [0.05, 0.1) is 17.7 Å². The average Bonchev–Trinajstić information content (AvgIpc) is 2.45. The Hall–Kier alpha value is -1.42. The zero-order chi connectivity index (χ0) is 15.0. The van der Waals surface area contributed by atoms with Gasteiger partial charge in [0.25, 0.3) is 0 Å². The maximum absolute atomic E-state index is 12.5. The molecule has 112 valence electrons. The van der Waals surface area contributed by atoms with Crippen LogP contribution in [-0.2, 0) is 11.3 Å². The fourth-order valence-corrected chi connectivity index (χ4v) is 2.66. The highest BCUT2D eigenvalue weighted by Gasteiger charge is 2.34. The summed E-state index contributed by atoms with van der Waals surface area (Å²) in [6.07, 6.45) is 5.36. The van der Waals surface area contributed by atoms with Gasteiger partial charge < -0.3 is 11.1 Å². The Kier molecular flexibility index (Phi) is 6.65. The van der Waals surface area contributed by atoms with Crippen molar-refractivity contribution in [3.63, 3.8) is 0 Å². The number of hydrogen-bond donors (Lipinski definition) is 2. The molecule has 0 bridgehead atoms. The molecule has 0 aliphatic carbocycles. The van der Waals surface area contributed by atoms with Gasteiger partial charge in [0.1, 0.15) is 0 Å². The SMILES string of the molecule is CCCC(CN)(CCC)C(=O)NCc1ncccc1C. The van der Waals surface area contributed by atoms with Crippen LogP contribution in [0.5, 0.6) is 0 Å². The van der Waals surface area contributed by atoms with E-state index in [0.717, 1.165) is 36.9 Å². The van der Waals surface area contributed by atoms with Gasteiger partial charge in [0.15, 0.2) is 0 Å². The Morgan fingerprint density at radius 1 is 1.35 bits per heavy atom. The molecule has 4 nitrogen and oxygen atoms in total. The number of nitrogens with zero attached hydrogens (tertiary/aromatic N) is 1. The highest BCUT2D eigenvalue weighted by molar-refractivity contribution is 5.82. The quantitative estimate of drug-likeness (QED) is 0.767. The van der Waals surface area contributed by atoms with Crippen LogP contribution in [-0.4, -0.2) is 17.4 Å². The molecule has 0 fully saturated rings. The number of hydrogen-bond acceptors (Lipinski definition) is 3. The number of aryl methyl sites for hydroxylation is 1. The van der Waals surface area contributed by atoms with Gasteiger partial charge in [0, 0.05) is 12.7 Å². The number of nitrogens with one attached hydrogen (secondary N) is 1. The van der Waals surface area contributed by atoms with E-state index in [0.29, 0.717) is 13.1 Å². The summed E-state index contributed by atoms with van der Waals surface area (Å²) < 4.78 is 0. The normalized spacial score (nSPS) is 11.4. The molecular formula is C16H27N3O. The minimum absolute atomic E-state index is 0.0637. The second-order valence-electron chi connectivity index (χ2n) is 5.43. The number of pyridine rings is 1. The summed E-state index contributed by atoms with van der Waals surface area (Å²) in [6.45, 7) is 7.07. The zero-order valence-corrected chi connectivity index (χ0v) is 12.9. The first kappa shape index (κ1) is 16.6. The fourth-order valence-electron chi connectivity index (χ4n) is 2.66. The maximum Gasteiger partial charge on any atom is 0.227 e. The Bertz CT molecular complexity index is 425.